The van der Waals surface area contributed by atoms with Crippen LogP contribution in [0.25, 0.3) is 23.1 Å². The van der Waals surface area contributed by atoms with E-state index in [4.69, 9.17) is 14.1 Å². The summed E-state index contributed by atoms with van der Waals surface area (Å²) in [6, 6.07) is 21.7. The summed E-state index contributed by atoms with van der Waals surface area (Å²) in [5, 5.41) is 11.1. The molecule has 220 valence electrons. The molecular weight excluding hydrogens is 585 g/mol. The van der Waals surface area contributed by atoms with Gasteiger partial charge < -0.3 is 9.15 Å². The number of aromatic nitrogens is 1. The minimum Gasteiger partial charge on any atom is -0.463 e. The predicted octanol–water partition coefficient (Wildman–Crippen LogP) is 5.55. The number of aryl methyl sites for hydroxylation is 1. The van der Waals surface area contributed by atoms with E-state index in [9.17, 15) is 24.1 Å². The normalized spacial score (nSPS) is 14.7. The van der Waals surface area contributed by atoms with E-state index in [0.717, 1.165) is 11.3 Å². The lowest BCUT2D eigenvalue weighted by atomic mass is 9.93. The van der Waals surface area contributed by atoms with Crippen LogP contribution >= 0.6 is 11.3 Å². The molecule has 11 heteroatoms. The third-order valence-electron chi connectivity index (χ3n) is 7.15. The van der Waals surface area contributed by atoms with Gasteiger partial charge >= 0.3 is 5.97 Å². The molecule has 0 amide bonds. The summed E-state index contributed by atoms with van der Waals surface area (Å²) in [6.07, 6.45) is 1.59. The number of fused-ring (bicyclic) bond motifs is 1. The van der Waals surface area contributed by atoms with Gasteiger partial charge in [-0.15, -0.1) is 0 Å². The van der Waals surface area contributed by atoms with Gasteiger partial charge in [0, 0.05) is 29.3 Å². The van der Waals surface area contributed by atoms with E-state index in [2.05, 4.69) is 0 Å². The number of hydrogen-bond donors (Lipinski definition) is 0. The van der Waals surface area contributed by atoms with Crippen LogP contribution in [0.3, 0.4) is 0 Å². The summed E-state index contributed by atoms with van der Waals surface area (Å²) < 4.78 is 27.2. The van der Waals surface area contributed by atoms with Crippen LogP contribution in [0.1, 0.15) is 35.4 Å². The van der Waals surface area contributed by atoms with Gasteiger partial charge in [0.1, 0.15) is 17.3 Å². The quantitative estimate of drug-likeness (QED) is 0.136. The molecule has 1 atom stereocenters. The largest absolute Gasteiger partial charge is 0.463 e. The third kappa shape index (κ3) is 5.29. The van der Waals surface area contributed by atoms with Crippen LogP contribution in [-0.2, 0) is 9.53 Å². The number of nitro groups is 1. The van der Waals surface area contributed by atoms with Crippen molar-refractivity contribution in [2.75, 3.05) is 6.61 Å². The molecule has 0 aliphatic carbocycles. The number of furan rings is 1. The van der Waals surface area contributed by atoms with Crippen molar-refractivity contribution < 1.29 is 23.3 Å². The van der Waals surface area contributed by atoms with E-state index in [-0.39, 0.29) is 17.9 Å². The minimum atomic E-state index is -0.932. The van der Waals surface area contributed by atoms with Crippen molar-refractivity contribution in [2.24, 2.45) is 4.99 Å². The maximum atomic E-state index is 14.0. The number of rotatable bonds is 7. The van der Waals surface area contributed by atoms with E-state index in [1.807, 2.05) is 30.3 Å². The molecule has 2 aromatic heterocycles. The smallest absolute Gasteiger partial charge is 0.338 e. The van der Waals surface area contributed by atoms with Gasteiger partial charge in [-0.25, -0.2) is 14.2 Å². The highest BCUT2D eigenvalue weighted by Crippen LogP contribution is 2.35. The van der Waals surface area contributed by atoms with Gasteiger partial charge in [-0.2, -0.15) is 0 Å². The number of ether oxygens (including phenoxy) is 1. The fourth-order valence-electron chi connectivity index (χ4n) is 5.14. The monoisotopic (exact) mass is 609 g/mol. The van der Waals surface area contributed by atoms with Gasteiger partial charge in [-0.3, -0.25) is 19.5 Å². The Labute approximate surface area is 253 Å². The summed E-state index contributed by atoms with van der Waals surface area (Å²) in [6.45, 7) is 3.56. The van der Waals surface area contributed by atoms with Crippen molar-refractivity contribution in [3.63, 3.8) is 0 Å². The Hall–Kier alpha value is -5.42. The van der Waals surface area contributed by atoms with Crippen LogP contribution in [0.4, 0.5) is 10.1 Å². The second-order valence-corrected chi connectivity index (χ2v) is 11.0. The second kappa shape index (κ2) is 11.7. The van der Waals surface area contributed by atoms with Gasteiger partial charge in [-0.05, 0) is 55.3 Å². The molecule has 6 rings (SSSR count). The van der Waals surface area contributed by atoms with Crippen molar-refractivity contribution in [1.29, 1.82) is 0 Å². The molecule has 0 saturated heterocycles. The Morgan fingerprint density at radius 1 is 1.11 bits per heavy atom. The molecule has 3 aromatic carbocycles. The van der Waals surface area contributed by atoms with Gasteiger partial charge in [0.2, 0.25) is 0 Å². The summed E-state index contributed by atoms with van der Waals surface area (Å²) in [7, 11) is 0. The molecule has 0 unspecified atom stereocenters. The van der Waals surface area contributed by atoms with E-state index in [1.165, 1.54) is 41.0 Å². The van der Waals surface area contributed by atoms with Crippen molar-refractivity contribution in [3.8, 4) is 11.3 Å². The maximum Gasteiger partial charge on any atom is 0.338 e. The molecule has 0 fully saturated rings. The first kappa shape index (κ1) is 28.7. The van der Waals surface area contributed by atoms with Crippen LogP contribution in [0.2, 0.25) is 0 Å². The number of hydrogen-bond acceptors (Lipinski definition) is 8. The fourth-order valence-corrected chi connectivity index (χ4v) is 6.12. The zero-order chi connectivity index (χ0) is 31.0. The Morgan fingerprint density at radius 3 is 2.55 bits per heavy atom. The summed E-state index contributed by atoms with van der Waals surface area (Å²) in [5.41, 5.74) is 2.61. The first-order valence-corrected chi connectivity index (χ1v) is 14.5. The molecule has 44 heavy (non-hydrogen) atoms. The Kier molecular flexibility index (Phi) is 7.62. The van der Waals surface area contributed by atoms with Gasteiger partial charge in [0.25, 0.3) is 11.2 Å². The topological polar surface area (TPSA) is 117 Å². The van der Waals surface area contributed by atoms with Crippen molar-refractivity contribution >= 4 is 34.8 Å². The van der Waals surface area contributed by atoms with Gasteiger partial charge in [-0.1, -0.05) is 53.8 Å². The van der Waals surface area contributed by atoms with Crippen LogP contribution in [0.15, 0.2) is 105 Å². The number of halogens is 1. The lowest BCUT2D eigenvalue weighted by Gasteiger charge is -2.25. The zero-order valence-electron chi connectivity index (χ0n) is 23.5. The summed E-state index contributed by atoms with van der Waals surface area (Å²) >= 11 is 1.13. The van der Waals surface area contributed by atoms with Gasteiger partial charge in [0.05, 0.1) is 33.4 Å². The SMILES string of the molecule is CCOC(=O)C1=C(c2ccccc2)N=c2s/c(=C\c3ccc(-c4ccc([N+](=O)[O-])cc4C)o3)c(=O)n2[C@H]1c1ccc(F)cc1. The molecule has 0 spiro atoms. The van der Waals surface area contributed by atoms with E-state index >= 15 is 0 Å². The number of nitro benzene ring substituents is 1. The number of nitrogens with zero attached hydrogens (tertiary/aromatic N) is 3. The zero-order valence-corrected chi connectivity index (χ0v) is 24.3. The van der Waals surface area contributed by atoms with Crippen molar-refractivity contribution in [3.05, 3.63) is 149 Å². The molecular formula is C33H24FN3O6S. The lowest BCUT2D eigenvalue weighted by molar-refractivity contribution is -0.384. The van der Waals surface area contributed by atoms with Crippen molar-refractivity contribution in [2.45, 2.75) is 19.9 Å². The number of thiazole rings is 1. The molecule has 1 aliphatic rings. The minimum absolute atomic E-state index is 0.0214. The van der Waals surface area contributed by atoms with E-state index in [1.54, 1.807) is 38.1 Å². The Morgan fingerprint density at radius 2 is 1.86 bits per heavy atom. The molecule has 1 aliphatic heterocycles. The van der Waals surface area contributed by atoms with Crippen LogP contribution in [-0.4, -0.2) is 22.1 Å². The van der Waals surface area contributed by atoms with Crippen LogP contribution < -0.4 is 14.9 Å². The van der Waals surface area contributed by atoms with Crippen LogP contribution in [0.5, 0.6) is 0 Å². The van der Waals surface area contributed by atoms with E-state index < -0.39 is 28.3 Å². The summed E-state index contributed by atoms with van der Waals surface area (Å²) in [5.74, 6) is -0.221. The average Bonchev–Trinajstić information content (AvgIpc) is 3.61. The summed E-state index contributed by atoms with van der Waals surface area (Å²) in [4.78, 5) is 43.3. The van der Waals surface area contributed by atoms with Crippen LogP contribution in [0, 0.1) is 22.9 Å². The maximum absolute atomic E-state index is 14.0. The highest BCUT2D eigenvalue weighted by molar-refractivity contribution is 7.07. The molecule has 0 saturated carbocycles. The molecule has 0 N–H and O–H groups in total. The second-order valence-electron chi connectivity index (χ2n) is 9.94. The molecule has 9 nitrogen and oxygen atoms in total. The average molecular weight is 610 g/mol. The predicted molar refractivity (Wildman–Crippen MR) is 163 cm³/mol. The first-order chi connectivity index (χ1) is 21.2. The molecule has 3 heterocycles. The third-order valence-corrected chi connectivity index (χ3v) is 8.13. The highest BCUT2D eigenvalue weighted by Gasteiger charge is 2.35. The highest BCUT2D eigenvalue weighted by atomic mass is 32.1. The number of benzene rings is 3. The lowest BCUT2D eigenvalue weighted by Crippen LogP contribution is -2.40. The van der Waals surface area contributed by atoms with Crippen molar-refractivity contribution in [1.82, 2.24) is 4.57 Å². The molecule has 0 radical (unpaired) electrons. The molecule has 5 aromatic rings. The number of non-ortho nitro benzene ring substituents is 1. The number of carbonyl (C=O) groups is 1. The Balaban J connectivity index is 1.52. The van der Waals surface area contributed by atoms with E-state index in [0.29, 0.717) is 48.8 Å². The van der Waals surface area contributed by atoms with Gasteiger partial charge in [0.15, 0.2) is 4.80 Å². The molecule has 0 bridgehead atoms. The fraction of sp³-hybridized carbons (Fsp3) is 0.121. The number of carbonyl (C=O) groups excluding carboxylic acids is 1. The number of esters is 1. The standard InChI is InChI=1S/C33H24FN3O6S/c1-3-42-32(39)28-29(20-7-5-4-6-8-20)35-33-36(30(28)21-9-11-22(34)12-10-21)31(38)27(44-33)18-24-14-16-26(43-24)25-15-13-23(37(40)41)17-19(25)2/h4-18,30H,3H2,1-2H3/b27-18-/t30-/m0/s1. The first-order valence-electron chi connectivity index (χ1n) is 13.6. The Bertz CT molecular complexity index is 2130.